The summed E-state index contributed by atoms with van der Waals surface area (Å²) in [6.07, 6.45) is 0. The number of hydrogen-bond acceptors (Lipinski definition) is 5. The van der Waals surface area contributed by atoms with E-state index in [1.54, 1.807) is 0 Å². The van der Waals surface area contributed by atoms with E-state index in [4.69, 9.17) is 4.52 Å². The highest BCUT2D eigenvalue weighted by Gasteiger charge is 2.33. The van der Waals surface area contributed by atoms with Crippen LogP contribution in [-0.2, 0) is 6.54 Å². The maximum Gasteiger partial charge on any atom is 0.223 e. The Morgan fingerprint density at radius 3 is 2.76 bits per heavy atom. The summed E-state index contributed by atoms with van der Waals surface area (Å²) < 4.78 is 5.10. The van der Waals surface area contributed by atoms with Crippen molar-refractivity contribution in [3.63, 3.8) is 0 Å². The van der Waals surface area contributed by atoms with Crippen molar-refractivity contribution >= 4 is 0 Å². The molecule has 112 valence electrons. The molecule has 0 radical (unpaired) electrons. The highest BCUT2D eigenvalue weighted by atomic mass is 16.5. The first kappa shape index (κ1) is 14.2. The summed E-state index contributed by atoms with van der Waals surface area (Å²) in [5.41, 5.74) is 1.41. The third-order valence-corrected chi connectivity index (χ3v) is 3.91. The van der Waals surface area contributed by atoms with E-state index in [1.807, 2.05) is 6.92 Å². The Hall–Kier alpha value is -1.72. The second kappa shape index (κ2) is 5.58. The first-order valence-corrected chi connectivity index (χ1v) is 7.37. The molecule has 1 aliphatic heterocycles. The van der Waals surface area contributed by atoms with Crippen molar-refractivity contribution in [1.82, 2.24) is 20.4 Å². The highest BCUT2D eigenvalue weighted by Crippen LogP contribution is 2.28. The molecule has 1 fully saturated rings. The first-order chi connectivity index (χ1) is 10.0. The van der Waals surface area contributed by atoms with Gasteiger partial charge in [0.15, 0.2) is 5.82 Å². The van der Waals surface area contributed by atoms with Crippen molar-refractivity contribution in [2.24, 2.45) is 0 Å². The van der Waals surface area contributed by atoms with Gasteiger partial charge in [-0.1, -0.05) is 35.5 Å². The fraction of sp³-hybridized carbons (Fsp3) is 0.500. The Bertz CT molecular complexity index is 593. The number of benzene rings is 1. The van der Waals surface area contributed by atoms with Gasteiger partial charge in [-0.15, -0.1) is 0 Å². The zero-order chi connectivity index (χ0) is 14.9. The van der Waals surface area contributed by atoms with Gasteiger partial charge in [0.05, 0.1) is 6.54 Å². The molecule has 21 heavy (non-hydrogen) atoms. The molecular weight excluding hydrogens is 264 g/mol. The number of rotatable bonds is 3. The van der Waals surface area contributed by atoms with E-state index >= 15 is 0 Å². The molecule has 0 bridgehead atoms. The van der Waals surface area contributed by atoms with E-state index in [-0.39, 0.29) is 5.54 Å². The van der Waals surface area contributed by atoms with Gasteiger partial charge in [0.2, 0.25) is 5.89 Å². The van der Waals surface area contributed by atoms with Gasteiger partial charge in [-0.3, -0.25) is 4.90 Å². The lowest BCUT2D eigenvalue weighted by Crippen LogP contribution is -2.57. The second-order valence-electron chi connectivity index (χ2n) is 6.33. The number of hydrogen-bond donors (Lipinski definition) is 1. The van der Waals surface area contributed by atoms with E-state index in [2.05, 4.69) is 64.5 Å². The van der Waals surface area contributed by atoms with Gasteiger partial charge >= 0.3 is 0 Å². The number of nitrogens with zero attached hydrogens (tertiary/aromatic N) is 3. The van der Waals surface area contributed by atoms with Crippen molar-refractivity contribution in [2.75, 3.05) is 13.1 Å². The lowest BCUT2D eigenvalue weighted by molar-refractivity contribution is 0.0847. The van der Waals surface area contributed by atoms with Crippen molar-refractivity contribution in [3.8, 4) is 0 Å². The standard InChI is InChI=1S/C16H22N4O/c1-12-18-15(19-21-12)10-20-11-16(2,3)17-9-14(20)13-7-5-4-6-8-13/h4-8,14,17H,9-11H2,1-3H3. The minimum atomic E-state index is 0.0874. The minimum absolute atomic E-state index is 0.0874. The molecule has 2 aromatic rings. The second-order valence-corrected chi connectivity index (χ2v) is 6.33. The van der Waals surface area contributed by atoms with Gasteiger partial charge in [0, 0.05) is 31.6 Å². The summed E-state index contributed by atoms with van der Waals surface area (Å²) in [7, 11) is 0. The topological polar surface area (TPSA) is 54.2 Å². The zero-order valence-corrected chi connectivity index (χ0v) is 12.8. The molecule has 1 aromatic heterocycles. The van der Waals surface area contributed by atoms with Gasteiger partial charge in [-0.25, -0.2) is 0 Å². The van der Waals surface area contributed by atoms with Crippen LogP contribution in [0.2, 0.25) is 0 Å². The summed E-state index contributed by atoms with van der Waals surface area (Å²) in [6.45, 7) is 8.86. The lowest BCUT2D eigenvalue weighted by Gasteiger charge is -2.44. The Balaban J connectivity index is 1.83. The average molecular weight is 286 g/mol. The average Bonchev–Trinajstić information content (AvgIpc) is 2.84. The Morgan fingerprint density at radius 2 is 2.10 bits per heavy atom. The summed E-state index contributed by atoms with van der Waals surface area (Å²) in [4.78, 5) is 6.77. The molecule has 1 aliphatic rings. The molecule has 1 aromatic carbocycles. The molecule has 5 nitrogen and oxygen atoms in total. The third kappa shape index (κ3) is 3.31. The van der Waals surface area contributed by atoms with Crippen LogP contribution in [0.25, 0.3) is 0 Å². The molecule has 5 heteroatoms. The van der Waals surface area contributed by atoms with Gasteiger partial charge < -0.3 is 9.84 Å². The van der Waals surface area contributed by atoms with Crippen molar-refractivity contribution < 1.29 is 4.52 Å². The Labute approximate surface area is 125 Å². The number of aromatic nitrogens is 2. The van der Waals surface area contributed by atoms with Gasteiger partial charge in [-0.05, 0) is 19.4 Å². The van der Waals surface area contributed by atoms with Crippen molar-refractivity contribution in [1.29, 1.82) is 0 Å². The lowest BCUT2D eigenvalue weighted by atomic mass is 9.95. The maximum atomic E-state index is 5.10. The van der Waals surface area contributed by atoms with Crippen LogP contribution in [0.5, 0.6) is 0 Å². The summed E-state index contributed by atoms with van der Waals surface area (Å²) in [5, 5.41) is 7.66. The summed E-state index contributed by atoms with van der Waals surface area (Å²) >= 11 is 0. The van der Waals surface area contributed by atoms with E-state index in [0.29, 0.717) is 18.5 Å². The van der Waals surface area contributed by atoms with Crippen LogP contribution in [0.3, 0.4) is 0 Å². The van der Waals surface area contributed by atoms with Crippen LogP contribution >= 0.6 is 0 Å². The zero-order valence-electron chi connectivity index (χ0n) is 12.8. The van der Waals surface area contributed by atoms with Gasteiger partial charge in [0.1, 0.15) is 0 Å². The fourth-order valence-corrected chi connectivity index (χ4v) is 2.93. The molecular formula is C16H22N4O. The molecule has 0 saturated carbocycles. The minimum Gasteiger partial charge on any atom is -0.340 e. The normalized spacial score (nSPS) is 22.3. The SMILES string of the molecule is Cc1nc(CN2CC(C)(C)NCC2c2ccccc2)no1. The van der Waals surface area contributed by atoms with E-state index < -0.39 is 0 Å². The molecule has 0 spiro atoms. The molecule has 2 heterocycles. The smallest absolute Gasteiger partial charge is 0.223 e. The maximum absolute atomic E-state index is 5.10. The van der Waals surface area contributed by atoms with Gasteiger partial charge in [0.25, 0.3) is 0 Å². The van der Waals surface area contributed by atoms with E-state index in [0.717, 1.165) is 18.9 Å². The molecule has 1 saturated heterocycles. The summed E-state index contributed by atoms with van der Waals surface area (Å²) in [5.74, 6) is 1.38. The van der Waals surface area contributed by atoms with Crippen molar-refractivity contribution in [2.45, 2.75) is 38.9 Å². The van der Waals surface area contributed by atoms with Crippen LogP contribution in [0.1, 0.15) is 37.2 Å². The predicted octanol–water partition coefficient (Wildman–Crippen LogP) is 2.30. The molecule has 1 unspecified atom stereocenters. The molecule has 0 amide bonds. The van der Waals surface area contributed by atoms with E-state index in [1.165, 1.54) is 5.56 Å². The van der Waals surface area contributed by atoms with Crippen LogP contribution in [0.4, 0.5) is 0 Å². The molecule has 0 aliphatic carbocycles. The number of piperazine rings is 1. The molecule has 1 atom stereocenters. The monoisotopic (exact) mass is 286 g/mol. The first-order valence-electron chi connectivity index (χ1n) is 7.37. The summed E-state index contributed by atoms with van der Waals surface area (Å²) in [6, 6.07) is 10.9. The molecule has 1 N–H and O–H groups in total. The largest absolute Gasteiger partial charge is 0.340 e. The van der Waals surface area contributed by atoms with Crippen LogP contribution < -0.4 is 5.32 Å². The van der Waals surface area contributed by atoms with Gasteiger partial charge in [-0.2, -0.15) is 4.98 Å². The number of aryl methyl sites for hydroxylation is 1. The Kier molecular flexibility index (Phi) is 3.78. The predicted molar refractivity (Wildman–Crippen MR) is 80.7 cm³/mol. The van der Waals surface area contributed by atoms with Crippen molar-refractivity contribution in [3.05, 3.63) is 47.6 Å². The van der Waals surface area contributed by atoms with Crippen LogP contribution in [0, 0.1) is 6.92 Å². The van der Waals surface area contributed by atoms with Crippen LogP contribution in [0.15, 0.2) is 34.9 Å². The highest BCUT2D eigenvalue weighted by molar-refractivity contribution is 5.21. The van der Waals surface area contributed by atoms with Crippen LogP contribution in [-0.4, -0.2) is 33.7 Å². The number of nitrogens with one attached hydrogen (secondary N) is 1. The fourth-order valence-electron chi connectivity index (χ4n) is 2.93. The van der Waals surface area contributed by atoms with E-state index in [9.17, 15) is 0 Å². The quantitative estimate of drug-likeness (QED) is 0.938. The molecule has 3 rings (SSSR count). The Morgan fingerprint density at radius 1 is 1.33 bits per heavy atom. The third-order valence-electron chi connectivity index (χ3n) is 3.91.